The summed E-state index contributed by atoms with van der Waals surface area (Å²) in [4.78, 5) is 21.3. The molecule has 0 bridgehead atoms. The summed E-state index contributed by atoms with van der Waals surface area (Å²) in [7, 11) is 0. The largest absolute Gasteiger partial charge is 0.481 e. The van der Waals surface area contributed by atoms with Gasteiger partial charge in [0.2, 0.25) is 0 Å². The lowest BCUT2D eigenvalue weighted by Crippen LogP contribution is -2.12. The molecule has 0 spiro atoms. The number of benzene rings is 1. The SMILES string of the molecule is C#CCOc1ccc(C(=O)C(=O)O)cc1. The van der Waals surface area contributed by atoms with Crippen LogP contribution in [-0.4, -0.2) is 23.5 Å². The van der Waals surface area contributed by atoms with Gasteiger partial charge in [-0.05, 0) is 24.3 Å². The van der Waals surface area contributed by atoms with E-state index >= 15 is 0 Å². The second-order valence-corrected chi connectivity index (χ2v) is 2.65. The van der Waals surface area contributed by atoms with Crippen LogP contribution in [0.25, 0.3) is 0 Å². The number of terminal acetylenes is 1. The summed E-state index contributed by atoms with van der Waals surface area (Å²) >= 11 is 0. The minimum absolute atomic E-state index is 0.107. The van der Waals surface area contributed by atoms with Gasteiger partial charge >= 0.3 is 5.97 Å². The van der Waals surface area contributed by atoms with E-state index in [2.05, 4.69) is 5.92 Å². The second-order valence-electron chi connectivity index (χ2n) is 2.65. The molecule has 4 heteroatoms. The summed E-state index contributed by atoms with van der Waals surface area (Å²) in [6.07, 6.45) is 4.99. The number of carbonyl (C=O) groups excluding carboxylic acids is 1. The number of carbonyl (C=O) groups is 2. The first kappa shape index (κ1) is 10.8. The molecule has 1 aromatic rings. The van der Waals surface area contributed by atoms with Gasteiger partial charge in [0, 0.05) is 5.56 Å². The van der Waals surface area contributed by atoms with Crippen LogP contribution in [0.4, 0.5) is 0 Å². The predicted molar refractivity (Wildman–Crippen MR) is 52.7 cm³/mol. The molecule has 0 saturated heterocycles. The van der Waals surface area contributed by atoms with E-state index in [4.69, 9.17) is 16.3 Å². The topological polar surface area (TPSA) is 63.6 Å². The van der Waals surface area contributed by atoms with Crippen LogP contribution in [-0.2, 0) is 4.79 Å². The highest BCUT2D eigenvalue weighted by Crippen LogP contribution is 2.12. The zero-order valence-corrected chi connectivity index (χ0v) is 7.77. The van der Waals surface area contributed by atoms with Crippen molar-refractivity contribution in [2.45, 2.75) is 0 Å². The molecule has 0 heterocycles. The number of Topliss-reactive ketones (excluding diaryl/α,β-unsaturated/α-hetero) is 1. The number of rotatable bonds is 4. The summed E-state index contributed by atoms with van der Waals surface area (Å²) in [5.41, 5.74) is 0.107. The number of ether oxygens (including phenoxy) is 1. The minimum Gasteiger partial charge on any atom is -0.481 e. The highest BCUT2D eigenvalue weighted by Gasteiger charge is 2.13. The molecule has 0 aromatic heterocycles. The van der Waals surface area contributed by atoms with Crippen LogP contribution in [0.15, 0.2) is 24.3 Å². The number of hydrogen-bond acceptors (Lipinski definition) is 3. The lowest BCUT2D eigenvalue weighted by atomic mass is 10.1. The number of carboxylic acid groups (broad SMARTS) is 1. The summed E-state index contributed by atoms with van der Waals surface area (Å²) in [5, 5.41) is 8.44. The number of carboxylic acids is 1. The Morgan fingerprint density at radius 2 is 1.93 bits per heavy atom. The van der Waals surface area contributed by atoms with Crippen molar-refractivity contribution in [3.8, 4) is 18.1 Å². The van der Waals surface area contributed by atoms with Gasteiger partial charge in [-0.1, -0.05) is 5.92 Å². The van der Waals surface area contributed by atoms with Crippen molar-refractivity contribution >= 4 is 11.8 Å². The van der Waals surface area contributed by atoms with E-state index in [1.807, 2.05) is 0 Å². The van der Waals surface area contributed by atoms with Crippen molar-refractivity contribution in [3.63, 3.8) is 0 Å². The summed E-state index contributed by atoms with van der Waals surface area (Å²) in [6.45, 7) is 0.131. The van der Waals surface area contributed by atoms with Crippen molar-refractivity contribution in [2.75, 3.05) is 6.61 Å². The van der Waals surface area contributed by atoms with Gasteiger partial charge in [-0.3, -0.25) is 4.79 Å². The van der Waals surface area contributed by atoms with E-state index < -0.39 is 11.8 Å². The molecule has 0 aliphatic carbocycles. The van der Waals surface area contributed by atoms with E-state index in [0.717, 1.165) is 0 Å². The van der Waals surface area contributed by atoms with Gasteiger partial charge in [0.15, 0.2) is 0 Å². The first-order valence-corrected chi connectivity index (χ1v) is 4.09. The minimum atomic E-state index is -1.48. The van der Waals surface area contributed by atoms with Crippen LogP contribution in [0.1, 0.15) is 10.4 Å². The smallest absolute Gasteiger partial charge is 0.377 e. The first-order chi connectivity index (χ1) is 7.15. The van der Waals surface area contributed by atoms with Gasteiger partial charge in [-0.25, -0.2) is 4.79 Å². The molecular formula is C11H8O4. The van der Waals surface area contributed by atoms with E-state index in [0.29, 0.717) is 5.75 Å². The predicted octanol–water partition coefficient (Wildman–Crippen LogP) is 0.966. The molecule has 4 nitrogen and oxygen atoms in total. The molecule has 0 saturated carbocycles. The lowest BCUT2D eigenvalue weighted by Gasteiger charge is -2.02. The first-order valence-electron chi connectivity index (χ1n) is 4.09. The lowest BCUT2D eigenvalue weighted by molar-refractivity contribution is -0.131. The van der Waals surface area contributed by atoms with E-state index in [9.17, 15) is 9.59 Å². The van der Waals surface area contributed by atoms with Crippen LogP contribution in [0, 0.1) is 12.3 Å². The standard InChI is InChI=1S/C11H8O4/c1-2-7-15-9-5-3-8(4-6-9)10(12)11(13)14/h1,3-6H,7H2,(H,13,14). The Hall–Kier alpha value is -2.28. The van der Waals surface area contributed by atoms with Crippen LogP contribution in [0.5, 0.6) is 5.75 Å². The van der Waals surface area contributed by atoms with E-state index in [1.165, 1.54) is 24.3 Å². The molecule has 0 aliphatic rings. The van der Waals surface area contributed by atoms with Gasteiger partial charge < -0.3 is 9.84 Å². The summed E-state index contributed by atoms with van der Waals surface area (Å²) in [6, 6.07) is 5.74. The third-order valence-corrected chi connectivity index (χ3v) is 1.63. The molecule has 0 fully saturated rings. The van der Waals surface area contributed by atoms with Crippen molar-refractivity contribution in [3.05, 3.63) is 29.8 Å². The quantitative estimate of drug-likeness (QED) is 0.451. The van der Waals surface area contributed by atoms with Crippen molar-refractivity contribution < 1.29 is 19.4 Å². The molecule has 0 aliphatic heterocycles. The van der Waals surface area contributed by atoms with Crippen LogP contribution in [0.2, 0.25) is 0 Å². The molecule has 0 unspecified atom stereocenters. The monoisotopic (exact) mass is 204 g/mol. The normalized spacial score (nSPS) is 9.00. The molecule has 15 heavy (non-hydrogen) atoms. The molecule has 1 aromatic carbocycles. The fourth-order valence-corrected chi connectivity index (χ4v) is 0.951. The van der Waals surface area contributed by atoms with Gasteiger partial charge in [0.1, 0.15) is 12.4 Å². The summed E-state index contributed by atoms with van der Waals surface area (Å²) in [5.74, 6) is 0.359. The zero-order chi connectivity index (χ0) is 11.3. The second kappa shape index (κ2) is 4.82. The Morgan fingerprint density at radius 1 is 1.33 bits per heavy atom. The van der Waals surface area contributed by atoms with Gasteiger partial charge in [0.25, 0.3) is 5.78 Å². The fraction of sp³-hybridized carbons (Fsp3) is 0.0909. The average molecular weight is 204 g/mol. The fourth-order valence-electron chi connectivity index (χ4n) is 0.951. The number of hydrogen-bond donors (Lipinski definition) is 1. The van der Waals surface area contributed by atoms with Crippen molar-refractivity contribution in [1.82, 2.24) is 0 Å². The maximum Gasteiger partial charge on any atom is 0.377 e. The van der Waals surface area contributed by atoms with E-state index in [1.54, 1.807) is 0 Å². The highest BCUT2D eigenvalue weighted by atomic mass is 16.5. The highest BCUT2D eigenvalue weighted by molar-refractivity contribution is 6.39. The zero-order valence-electron chi connectivity index (χ0n) is 7.77. The van der Waals surface area contributed by atoms with Gasteiger partial charge in [0.05, 0.1) is 0 Å². The van der Waals surface area contributed by atoms with Crippen LogP contribution < -0.4 is 4.74 Å². The maximum absolute atomic E-state index is 11.0. The average Bonchev–Trinajstić information content (AvgIpc) is 2.26. The molecule has 1 rings (SSSR count). The third-order valence-electron chi connectivity index (χ3n) is 1.63. The van der Waals surface area contributed by atoms with Crippen molar-refractivity contribution in [1.29, 1.82) is 0 Å². The van der Waals surface area contributed by atoms with E-state index in [-0.39, 0.29) is 12.2 Å². The van der Waals surface area contributed by atoms with Gasteiger partial charge in [-0.15, -0.1) is 6.42 Å². The van der Waals surface area contributed by atoms with Crippen LogP contribution in [0.3, 0.4) is 0 Å². The molecule has 0 radical (unpaired) electrons. The Morgan fingerprint density at radius 3 is 2.40 bits per heavy atom. The Balaban J connectivity index is 2.77. The number of ketones is 1. The Kier molecular flexibility index (Phi) is 3.47. The van der Waals surface area contributed by atoms with Gasteiger partial charge in [-0.2, -0.15) is 0 Å². The summed E-state index contributed by atoms with van der Waals surface area (Å²) < 4.78 is 5.06. The Bertz CT molecular complexity index is 411. The maximum atomic E-state index is 11.0. The molecule has 76 valence electrons. The molecule has 1 N–H and O–H groups in total. The molecule has 0 amide bonds. The third kappa shape index (κ3) is 2.85. The van der Waals surface area contributed by atoms with Crippen molar-refractivity contribution in [2.24, 2.45) is 0 Å². The molecule has 0 atom stereocenters. The molecular weight excluding hydrogens is 196 g/mol. The Labute approximate surface area is 86.5 Å². The van der Waals surface area contributed by atoms with Crippen LogP contribution >= 0.6 is 0 Å². The number of aliphatic carboxylic acids is 1.